The predicted molar refractivity (Wildman–Crippen MR) is 134 cm³/mol. The number of carbonyl (C=O) groups is 1. The number of rotatable bonds is 8. The molecular formula is C26H36N4O3S. The average Bonchev–Trinajstić information content (AvgIpc) is 2.86. The lowest BCUT2D eigenvalue weighted by molar-refractivity contribution is 0.0934. The molecule has 4 rings (SSSR count). The Labute approximate surface area is 203 Å². The van der Waals surface area contributed by atoms with Crippen LogP contribution in [0.1, 0.15) is 35.7 Å². The Kier molecular flexibility index (Phi) is 8.37. The molecule has 2 aromatic rings. The summed E-state index contributed by atoms with van der Waals surface area (Å²) < 4.78 is 27.3. The molecule has 1 amide bonds. The van der Waals surface area contributed by atoms with Gasteiger partial charge in [0.25, 0.3) is 5.91 Å². The van der Waals surface area contributed by atoms with Crippen LogP contribution in [0.5, 0.6) is 0 Å². The molecule has 0 aliphatic carbocycles. The fourth-order valence-corrected chi connectivity index (χ4v) is 6.06. The van der Waals surface area contributed by atoms with Crippen LogP contribution in [0, 0.1) is 5.92 Å². The van der Waals surface area contributed by atoms with Gasteiger partial charge in [-0.3, -0.25) is 14.6 Å². The van der Waals surface area contributed by atoms with E-state index in [-0.39, 0.29) is 10.8 Å². The molecule has 8 heteroatoms. The summed E-state index contributed by atoms with van der Waals surface area (Å²) in [7, 11) is -3.49. The average molecular weight is 485 g/mol. The molecule has 0 atom stereocenters. The molecular weight excluding hydrogens is 448 g/mol. The third-order valence-corrected chi connectivity index (χ3v) is 8.84. The Morgan fingerprint density at radius 3 is 2.15 bits per heavy atom. The zero-order valence-electron chi connectivity index (χ0n) is 20.0. The Hall–Kier alpha value is -2.26. The summed E-state index contributed by atoms with van der Waals surface area (Å²) in [5, 5.41) is 2.97. The largest absolute Gasteiger partial charge is 0.351 e. The van der Waals surface area contributed by atoms with Crippen molar-refractivity contribution in [2.45, 2.75) is 31.2 Å². The number of carbonyl (C=O) groups excluding carboxylic acids is 1. The van der Waals surface area contributed by atoms with E-state index < -0.39 is 10.0 Å². The van der Waals surface area contributed by atoms with E-state index in [2.05, 4.69) is 46.3 Å². The Morgan fingerprint density at radius 1 is 0.882 bits per heavy atom. The van der Waals surface area contributed by atoms with E-state index in [1.165, 1.54) is 5.56 Å². The molecule has 2 aliphatic heterocycles. The third kappa shape index (κ3) is 6.44. The highest BCUT2D eigenvalue weighted by molar-refractivity contribution is 7.89. The molecule has 184 valence electrons. The number of benzene rings is 2. The van der Waals surface area contributed by atoms with Gasteiger partial charge in [-0.1, -0.05) is 37.3 Å². The highest BCUT2D eigenvalue weighted by atomic mass is 32.2. The molecule has 1 N–H and O–H groups in total. The van der Waals surface area contributed by atoms with Gasteiger partial charge in [0.05, 0.1) is 4.90 Å². The van der Waals surface area contributed by atoms with Gasteiger partial charge in [-0.25, -0.2) is 8.42 Å². The van der Waals surface area contributed by atoms with Gasteiger partial charge < -0.3 is 5.32 Å². The second-order valence-corrected chi connectivity index (χ2v) is 11.4. The number of amides is 1. The number of hydrogen-bond acceptors (Lipinski definition) is 5. The number of piperidine rings is 1. The van der Waals surface area contributed by atoms with Crippen molar-refractivity contribution < 1.29 is 13.2 Å². The molecule has 2 aromatic carbocycles. The van der Waals surface area contributed by atoms with Crippen LogP contribution in [0.4, 0.5) is 0 Å². The molecule has 7 nitrogen and oxygen atoms in total. The lowest BCUT2D eigenvalue weighted by Crippen LogP contribution is -2.48. The highest BCUT2D eigenvalue weighted by Crippen LogP contribution is 2.23. The van der Waals surface area contributed by atoms with Crippen molar-refractivity contribution >= 4 is 15.9 Å². The number of nitrogens with zero attached hydrogens (tertiary/aromatic N) is 3. The van der Waals surface area contributed by atoms with Crippen molar-refractivity contribution in [2.24, 2.45) is 5.92 Å². The minimum absolute atomic E-state index is 0.168. The van der Waals surface area contributed by atoms with E-state index in [0.717, 1.165) is 52.1 Å². The van der Waals surface area contributed by atoms with Crippen LogP contribution < -0.4 is 5.32 Å². The molecule has 0 aromatic heterocycles. The van der Waals surface area contributed by atoms with E-state index in [9.17, 15) is 13.2 Å². The van der Waals surface area contributed by atoms with Crippen LogP contribution in [-0.2, 0) is 16.6 Å². The number of nitrogens with one attached hydrogen (secondary N) is 1. The molecule has 0 unspecified atom stereocenters. The zero-order chi connectivity index (χ0) is 24.0. The van der Waals surface area contributed by atoms with E-state index in [4.69, 9.17) is 0 Å². The molecule has 0 saturated carbocycles. The van der Waals surface area contributed by atoms with Crippen LogP contribution in [0.15, 0.2) is 59.5 Å². The lowest BCUT2D eigenvalue weighted by atomic mass is 10.0. The Morgan fingerprint density at radius 2 is 1.50 bits per heavy atom. The van der Waals surface area contributed by atoms with Gasteiger partial charge in [-0.15, -0.1) is 0 Å². The van der Waals surface area contributed by atoms with Crippen molar-refractivity contribution in [1.82, 2.24) is 19.4 Å². The lowest BCUT2D eigenvalue weighted by Gasteiger charge is -2.34. The molecule has 0 spiro atoms. The van der Waals surface area contributed by atoms with E-state index in [1.54, 1.807) is 28.6 Å². The summed E-state index contributed by atoms with van der Waals surface area (Å²) in [4.78, 5) is 17.6. The van der Waals surface area contributed by atoms with Crippen molar-refractivity contribution in [3.05, 3.63) is 65.7 Å². The summed E-state index contributed by atoms with van der Waals surface area (Å²) >= 11 is 0. The molecule has 2 heterocycles. The van der Waals surface area contributed by atoms with Gasteiger partial charge in [0.15, 0.2) is 0 Å². The van der Waals surface area contributed by atoms with Crippen molar-refractivity contribution in [1.29, 1.82) is 0 Å². The minimum atomic E-state index is -3.49. The van der Waals surface area contributed by atoms with E-state index >= 15 is 0 Å². The van der Waals surface area contributed by atoms with Gasteiger partial charge in [0.1, 0.15) is 0 Å². The van der Waals surface area contributed by atoms with Crippen molar-refractivity contribution in [3.63, 3.8) is 0 Å². The molecule has 2 aliphatic rings. The summed E-state index contributed by atoms with van der Waals surface area (Å²) in [5.74, 6) is 0.397. The fraction of sp³-hybridized carbons (Fsp3) is 0.500. The second-order valence-electron chi connectivity index (χ2n) is 9.47. The Bertz CT molecular complexity index is 1030. The smallest absolute Gasteiger partial charge is 0.251 e. The monoisotopic (exact) mass is 484 g/mol. The minimum Gasteiger partial charge on any atom is -0.351 e. The second kappa shape index (κ2) is 11.4. The van der Waals surface area contributed by atoms with Crippen LogP contribution in [0.2, 0.25) is 0 Å². The van der Waals surface area contributed by atoms with Gasteiger partial charge in [-0.05, 0) is 48.6 Å². The van der Waals surface area contributed by atoms with E-state index in [1.807, 2.05) is 6.07 Å². The maximum absolute atomic E-state index is 12.9. The third-order valence-electron chi connectivity index (χ3n) is 6.92. The first kappa shape index (κ1) is 24.9. The zero-order valence-corrected chi connectivity index (χ0v) is 20.8. The van der Waals surface area contributed by atoms with Gasteiger partial charge >= 0.3 is 0 Å². The predicted octanol–water partition coefficient (Wildman–Crippen LogP) is 2.65. The van der Waals surface area contributed by atoms with E-state index in [0.29, 0.717) is 31.1 Å². The summed E-state index contributed by atoms with van der Waals surface area (Å²) in [6.07, 6.45) is 1.78. The van der Waals surface area contributed by atoms with Crippen LogP contribution >= 0.6 is 0 Å². The van der Waals surface area contributed by atoms with Crippen molar-refractivity contribution in [2.75, 3.05) is 52.4 Å². The SMILES string of the molecule is CC1CCN(S(=O)(=O)c2ccc(C(=O)NCCN3CCN(Cc4ccccc4)CC3)cc2)CC1. The normalized spacial score (nSPS) is 19.2. The molecule has 0 radical (unpaired) electrons. The molecule has 2 saturated heterocycles. The Balaban J connectivity index is 1.19. The van der Waals surface area contributed by atoms with Gasteiger partial charge in [-0.2, -0.15) is 4.31 Å². The molecule has 0 bridgehead atoms. The summed E-state index contributed by atoms with van der Waals surface area (Å²) in [5.41, 5.74) is 1.83. The summed E-state index contributed by atoms with van der Waals surface area (Å²) in [6.45, 7) is 9.67. The van der Waals surface area contributed by atoms with Crippen LogP contribution in [-0.4, -0.2) is 80.8 Å². The maximum atomic E-state index is 12.9. The number of hydrogen-bond donors (Lipinski definition) is 1. The standard InChI is InChI=1S/C26H36N4O3S/c1-22-11-14-30(15-12-22)34(32,33)25-9-7-24(8-10-25)26(31)27-13-16-28-17-19-29(20-18-28)21-23-5-3-2-4-6-23/h2-10,22H,11-21H2,1H3,(H,27,31). The summed E-state index contributed by atoms with van der Waals surface area (Å²) in [6, 6.07) is 16.8. The molecule has 34 heavy (non-hydrogen) atoms. The quantitative estimate of drug-likeness (QED) is 0.624. The highest BCUT2D eigenvalue weighted by Gasteiger charge is 2.28. The first-order valence-corrected chi connectivity index (χ1v) is 13.7. The first-order chi connectivity index (χ1) is 16.4. The maximum Gasteiger partial charge on any atom is 0.251 e. The number of sulfonamides is 1. The van der Waals surface area contributed by atoms with Crippen LogP contribution in [0.3, 0.4) is 0 Å². The van der Waals surface area contributed by atoms with Crippen molar-refractivity contribution in [3.8, 4) is 0 Å². The molecule has 2 fully saturated rings. The fourth-order valence-electron chi connectivity index (χ4n) is 4.59. The van der Waals surface area contributed by atoms with Crippen LogP contribution in [0.25, 0.3) is 0 Å². The van der Waals surface area contributed by atoms with Gasteiger partial charge in [0.2, 0.25) is 10.0 Å². The van der Waals surface area contributed by atoms with Gasteiger partial charge in [0, 0.05) is 64.5 Å². The topological polar surface area (TPSA) is 73.0 Å². The number of piperazine rings is 1. The first-order valence-electron chi connectivity index (χ1n) is 12.3.